The molecule has 0 radical (unpaired) electrons. The lowest BCUT2D eigenvalue weighted by atomic mass is 9.98. The van der Waals surface area contributed by atoms with Gasteiger partial charge in [0.15, 0.2) is 5.96 Å². The molecule has 31 heteroatoms. The fraction of sp³-hybridized carbons (Fsp3) is 0.702. The second-order valence-electron chi connectivity index (χ2n) is 19.8. The van der Waals surface area contributed by atoms with Gasteiger partial charge in [-0.05, 0) is 82.1 Å². The number of aliphatic carboxylic acids is 3. The van der Waals surface area contributed by atoms with E-state index in [-0.39, 0.29) is 69.9 Å². The van der Waals surface area contributed by atoms with Crippen LogP contribution in [-0.4, -0.2) is 166 Å². The molecule has 23 N–H and O–H groups in total. The first-order chi connectivity index (χ1) is 36.3. The molecule has 0 saturated carbocycles. The van der Waals surface area contributed by atoms with Crippen molar-refractivity contribution < 1.29 is 77.6 Å². The predicted molar refractivity (Wildman–Crippen MR) is 278 cm³/mol. The number of guanidine groups is 1. The van der Waals surface area contributed by atoms with Crippen LogP contribution in [0.3, 0.4) is 0 Å². The molecule has 0 bridgehead atoms. The Morgan fingerprint density at radius 3 is 1.31 bits per heavy atom. The third-order valence-corrected chi connectivity index (χ3v) is 11.5. The number of carboxylic acids is 3. The summed E-state index contributed by atoms with van der Waals surface area (Å²) in [7, 11) is 0. The Bertz CT molecular complexity index is 2110. The fourth-order valence-electron chi connectivity index (χ4n) is 7.41. The molecular formula is C47H83N15O16. The SMILES string of the molecule is CC(C)C[C@H](NC(=O)[C@H](CC(=O)O)NC(=O)[C@H](CCCCN)NC(=O)[C@H](CCCNC(=N)N)NC(=O)[C@@H](NC(=O)[C@H](CC(C)C)NC(=O)[C@@H](N)CCC(=O)O)C(C)C)C(=O)N[C@@H](CCC(N)=O)C(=O)N[C@@H](CC(N)=O)C(=O)O. The van der Waals surface area contributed by atoms with Crippen LogP contribution in [0, 0.1) is 23.2 Å². The summed E-state index contributed by atoms with van der Waals surface area (Å²) in [6.07, 6.45) is -3.28. The number of carbonyl (C=O) groups excluding carboxylic acids is 10. The molecule has 0 aliphatic carbocycles. The monoisotopic (exact) mass is 1110 g/mol. The number of primary amides is 2. The number of unbranched alkanes of at least 4 members (excludes halogenated alkanes) is 1. The van der Waals surface area contributed by atoms with Gasteiger partial charge in [0, 0.05) is 19.4 Å². The van der Waals surface area contributed by atoms with Crippen molar-refractivity contribution in [2.45, 2.75) is 179 Å². The van der Waals surface area contributed by atoms with Gasteiger partial charge in [0.05, 0.1) is 18.9 Å². The Labute approximate surface area is 451 Å². The molecule has 0 unspecified atom stereocenters. The molecule has 10 amide bonds. The molecule has 0 saturated heterocycles. The summed E-state index contributed by atoms with van der Waals surface area (Å²) in [6.45, 7) is 10.2. The van der Waals surface area contributed by atoms with Crippen molar-refractivity contribution >= 4 is 82.9 Å². The van der Waals surface area contributed by atoms with Gasteiger partial charge in [0.2, 0.25) is 59.1 Å². The molecule has 0 aliphatic heterocycles. The number of carbonyl (C=O) groups is 13. The largest absolute Gasteiger partial charge is 0.481 e. The van der Waals surface area contributed by atoms with E-state index in [9.17, 15) is 72.5 Å². The topological polar surface area (TPSA) is 545 Å². The number of amides is 10. The van der Waals surface area contributed by atoms with E-state index >= 15 is 0 Å². The average molecular weight is 1110 g/mol. The molecule has 0 aromatic rings. The maximum absolute atomic E-state index is 14.2. The first-order valence-electron chi connectivity index (χ1n) is 25.5. The second kappa shape index (κ2) is 36.4. The molecule has 0 aromatic heterocycles. The van der Waals surface area contributed by atoms with Crippen molar-refractivity contribution in [3.63, 3.8) is 0 Å². The zero-order chi connectivity index (χ0) is 60.0. The summed E-state index contributed by atoms with van der Waals surface area (Å²) in [5, 5.41) is 57.8. The van der Waals surface area contributed by atoms with E-state index in [2.05, 4.69) is 47.9 Å². The first-order valence-corrected chi connectivity index (χ1v) is 25.5. The lowest BCUT2D eigenvalue weighted by Crippen LogP contribution is -2.61. The van der Waals surface area contributed by atoms with Gasteiger partial charge in [-0.15, -0.1) is 0 Å². The molecule has 0 heterocycles. The molecule has 9 atom stereocenters. The lowest BCUT2D eigenvalue weighted by Gasteiger charge is -2.29. The van der Waals surface area contributed by atoms with Crippen LogP contribution in [0.1, 0.15) is 125 Å². The normalized spacial score (nSPS) is 14.6. The molecule has 0 aromatic carbocycles. The zero-order valence-corrected chi connectivity index (χ0v) is 45.1. The van der Waals surface area contributed by atoms with Crippen molar-refractivity contribution in [2.24, 2.45) is 46.4 Å². The van der Waals surface area contributed by atoms with Gasteiger partial charge in [0.25, 0.3) is 0 Å². The summed E-state index contributed by atoms with van der Waals surface area (Å²) in [4.78, 5) is 168. The van der Waals surface area contributed by atoms with Gasteiger partial charge in [0.1, 0.15) is 48.3 Å². The van der Waals surface area contributed by atoms with Crippen LogP contribution in [0.15, 0.2) is 0 Å². The number of nitrogens with two attached hydrogens (primary N) is 5. The van der Waals surface area contributed by atoms with Crippen LogP contribution in [0.2, 0.25) is 0 Å². The smallest absolute Gasteiger partial charge is 0.326 e. The van der Waals surface area contributed by atoms with E-state index in [0.717, 1.165) is 0 Å². The second-order valence-corrected chi connectivity index (χ2v) is 19.8. The molecule has 0 fully saturated rings. The third-order valence-electron chi connectivity index (χ3n) is 11.5. The third kappa shape index (κ3) is 29.6. The molecular weight excluding hydrogens is 1030 g/mol. The van der Waals surface area contributed by atoms with Gasteiger partial charge in [-0.2, -0.15) is 0 Å². The van der Waals surface area contributed by atoms with Gasteiger partial charge in [-0.1, -0.05) is 41.5 Å². The van der Waals surface area contributed by atoms with Crippen LogP contribution in [0.4, 0.5) is 0 Å². The summed E-state index contributed by atoms with van der Waals surface area (Å²) in [5.74, 6) is -16.0. The van der Waals surface area contributed by atoms with Crippen LogP contribution in [0.25, 0.3) is 0 Å². The number of carboxylic acid groups (broad SMARTS) is 3. The number of rotatable bonds is 40. The van der Waals surface area contributed by atoms with Crippen molar-refractivity contribution in [2.75, 3.05) is 13.1 Å². The maximum Gasteiger partial charge on any atom is 0.326 e. The van der Waals surface area contributed by atoms with Crippen molar-refractivity contribution in [1.29, 1.82) is 5.41 Å². The highest BCUT2D eigenvalue weighted by atomic mass is 16.4. The zero-order valence-electron chi connectivity index (χ0n) is 45.1. The van der Waals surface area contributed by atoms with Crippen molar-refractivity contribution in [3.8, 4) is 0 Å². The van der Waals surface area contributed by atoms with E-state index in [4.69, 9.17) is 39.2 Å². The van der Waals surface area contributed by atoms with Gasteiger partial charge >= 0.3 is 17.9 Å². The summed E-state index contributed by atoms with van der Waals surface area (Å²) < 4.78 is 0. The lowest BCUT2D eigenvalue weighted by molar-refractivity contribution is -0.144. The van der Waals surface area contributed by atoms with E-state index in [1.165, 1.54) is 0 Å². The predicted octanol–water partition coefficient (Wildman–Crippen LogP) is -5.10. The summed E-state index contributed by atoms with van der Waals surface area (Å²) in [6, 6.07) is -13.8. The molecule has 0 spiro atoms. The fourth-order valence-corrected chi connectivity index (χ4v) is 7.41. The molecule has 0 aliphatic rings. The van der Waals surface area contributed by atoms with Crippen LogP contribution < -0.4 is 76.5 Å². The minimum atomic E-state index is -1.93. The summed E-state index contributed by atoms with van der Waals surface area (Å²) in [5.41, 5.74) is 27.4. The van der Waals surface area contributed by atoms with E-state index in [0.29, 0.717) is 6.42 Å². The number of hydrogen-bond donors (Lipinski definition) is 18. The minimum Gasteiger partial charge on any atom is -0.481 e. The number of nitrogens with one attached hydrogen (secondary N) is 10. The van der Waals surface area contributed by atoms with Crippen LogP contribution >= 0.6 is 0 Å². The number of hydrogen-bond acceptors (Lipinski definition) is 16. The van der Waals surface area contributed by atoms with Gasteiger partial charge in [-0.25, -0.2) is 4.79 Å². The van der Waals surface area contributed by atoms with Crippen molar-refractivity contribution in [3.05, 3.63) is 0 Å². The van der Waals surface area contributed by atoms with Gasteiger partial charge in [-0.3, -0.25) is 62.9 Å². The van der Waals surface area contributed by atoms with Crippen LogP contribution in [0.5, 0.6) is 0 Å². The Morgan fingerprint density at radius 1 is 0.449 bits per heavy atom. The molecule has 78 heavy (non-hydrogen) atoms. The van der Waals surface area contributed by atoms with E-state index in [1.807, 2.05) is 0 Å². The van der Waals surface area contributed by atoms with E-state index < -0.39 is 175 Å². The van der Waals surface area contributed by atoms with Gasteiger partial charge < -0.3 is 91.8 Å². The highest BCUT2D eigenvalue weighted by Gasteiger charge is 2.37. The average Bonchev–Trinajstić information content (AvgIpc) is 3.32. The highest BCUT2D eigenvalue weighted by molar-refractivity contribution is 5.99. The summed E-state index contributed by atoms with van der Waals surface area (Å²) >= 11 is 0. The Kier molecular flexibility index (Phi) is 32.8. The van der Waals surface area contributed by atoms with E-state index in [1.54, 1.807) is 41.5 Å². The quantitative estimate of drug-likeness (QED) is 0.0155. The molecule has 0 rings (SSSR count). The Hall–Kier alpha value is -7.70. The first kappa shape index (κ1) is 70.3. The minimum absolute atomic E-state index is 0.0378. The standard InChI is InChI=1S/C47H83N15O16/c1-22(2)18-29(42(73)56-28(13-14-33(50)63)41(72)61-32(46(77)78)20-34(51)64)59-43(74)31(21-36(67)68)60-40(71)26(10-7-8-16-48)55-39(70)27(11-9-17-54-47(52)53)57-45(76)37(24(5)6)62-44(75)30(19-23(3)4)58-38(69)25(49)12-15-35(65)66/h22-32,37H,7-21,48-49H2,1-6H3,(H2,50,63)(H2,51,64)(H,55,70)(H,56,73)(H,57,76)(H,58,69)(H,59,74)(H,60,71)(H,61,72)(H,62,75)(H,65,66)(H,67,68)(H,77,78)(H4,52,53,54)/t25-,26-,27-,28-,29-,30-,31-,32-,37-/m0/s1. The highest BCUT2D eigenvalue weighted by Crippen LogP contribution is 2.13. The van der Waals surface area contributed by atoms with Crippen LogP contribution in [-0.2, 0) is 62.3 Å². The Morgan fingerprint density at radius 2 is 0.872 bits per heavy atom. The maximum atomic E-state index is 14.2. The van der Waals surface area contributed by atoms with Crippen molar-refractivity contribution in [1.82, 2.24) is 47.9 Å². The molecule has 31 nitrogen and oxygen atoms in total. The molecule has 442 valence electrons. The Balaban J connectivity index is 6.90.